The molecule has 0 saturated carbocycles. The molecule has 0 aliphatic carbocycles. The molecule has 0 spiro atoms. The van der Waals surface area contributed by atoms with Gasteiger partial charge in [0.2, 0.25) is 12.2 Å². The highest BCUT2D eigenvalue weighted by Gasteiger charge is 2.52. The van der Waals surface area contributed by atoms with Crippen molar-refractivity contribution in [3.8, 4) is 5.75 Å². The Morgan fingerprint density at radius 1 is 1.14 bits per heavy atom. The van der Waals surface area contributed by atoms with Crippen LogP contribution < -0.4 is 27.0 Å². The van der Waals surface area contributed by atoms with Crippen LogP contribution in [0.25, 0.3) is 0 Å². The molecular weight excluding hydrogens is 572 g/mol. The van der Waals surface area contributed by atoms with Crippen molar-refractivity contribution >= 4 is 17.5 Å². The van der Waals surface area contributed by atoms with Gasteiger partial charge in [0.1, 0.15) is 36.3 Å². The average molecular weight is 607 g/mol. The Labute approximate surface area is 244 Å². The van der Waals surface area contributed by atoms with Crippen molar-refractivity contribution in [3.05, 3.63) is 69.2 Å². The number of amides is 2. The summed E-state index contributed by atoms with van der Waals surface area (Å²) >= 11 is 0. The summed E-state index contributed by atoms with van der Waals surface area (Å²) in [5.74, 6) is -1.75. The lowest BCUT2D eigenvalue weighted by Gasteiger charge is -2.35. The third-order valence-electron chi connectivity index (χ3n) is 6.80. The number of aromatic nitrogens is 2. The second-order valence-corrected chi connectivity index (χ2v) is 9.84. The fraction of sp³-hybridized carbons (Fsp3) is 0.481. The summed E-state index contributed by atoms with van der Waals surface area (Å²) in [7, 11) is 1.20. The number of H-pyrrole nitrogens is 1. The second-order valence-electron chi connectivity index (χ2n) is 9.84. The van der Waals surface area contributed by atoms with Gasteiger partial charge < -0.3 is 50.1 Å². The summed E-state index contributed by atoms with van der Waals surface area (Å²) in [6.07, 6.45) is -8.82. The van der Waals surface area contributed by atoms with Gasteiger partial charge in [-0.3, -0.25) is 23.9 Å². The number of nitrogens with one attached hydrogen (secondary N) is 2. The summed E-state index contributed by atoms with van der Waals surface area (Å²) in [4.78, 5) is 51.2. The molecule has 1 saturated heterocycles. The monoisotopic (exact) mass is 606 g/mol. The largest absolute Gasteiger partial charge is 0.494 e. The van der Waals surface area contributed by atoms with E-state index in [-0.39, 0.29) is 0 Å². The molecular formula is C27H34N4O12. The van der Waals surface area contributed by atoms with Gasteiger partial charge in [0.05, 0.1) is 6.61 Å². The van der Waals surface area contributed by atoms with Crippen LogP contribution in [0.3, 0.4) is 0 Å². The van der Waals surface area contributed by atoms with E-state index in [9.17, 15) is 34.5 Å². The normalized spacial score (nSPS) is 27.6. The lowest BCUT2D eigenvalue weighted by atomic mass is 10.0. The maximum absolute atomic E-state index is 12.9. The summed E-state index contributed by atoms with van der Waals surface area (Å²) in [5, 5.41) is 34.4. The molecule has 4 rings (SSSR count). The SMILES string of the molecule is CCCCOc1ccc(NC(=O)C2=C[C@H](O)[C@H](O)[C@@H](O[C@@H](C(N)=O)[C@H]3O[C@@H](n4ccc(=O)[nH]c4=O)[C@H](O)[C@@H]3OC)O2)cc1. The van der Waals surface area contributed by atoms with Crippen LogP contribution in [0.1, 0.15) is 26.0 Å². The van der Waals surface area contributed by atoms with E-state index in [2.05, 4.69) is 5.32 Å². The molecule has 1 fully saturated rings. The highest BCUT2D eigenvalue weighted by atomic mass is 16.7. The molecule has 3 heterocycles. The number of methoxy groups -OCH3 is 1. The molecule has 16 heteroatoms. The number of hydrogen-bond donors (Lipinski definition) is 6. The zero-order valence-electron chi connectivity index (χ0n) is 23.3. The van der Waals surface area contributed by atoms with Crippen LogP contribution in [0.2, 0.25) is 0 Å². The number of primary amides is 1. The van der Waals surface area contributed by atoms with Crippen molar-refractivity contribution in [1.82, 2.24) is 9.55 Å². The van der Waals surface area contributed by atoms with Gasteiger partial charge in [-0.15, -0.1) is 0 Å². The van der Waals surface area contributed by atoms with E-state index < -0.39 is 78.0 Å². The van der Waals surface area contributed by atoms with Crippen LogP contribution in [-0.2, 0) is 28.5 Å². The summed E-state index contributed by atoms with van der Waals surface area (Å²) in [5.41, 5.74) is 4.35. The van der Waals surface area contributed by atoms with Crippen LogP contribution in [0.5, 0.6) is 5.75 Å². The zero-order valence-corrected chi connectivity index (χ0v) is 23.3. The topological polar surface area (TPSA) is 234 Å². The van der Waals surface area contributed by atoms with Crippen LogP contribution in [-0.4, -0.2) is 93.3 Å². The molecule has 2 aliphatic heterocycles. The Balaban J connectivity index is 1.48. The minimum Gasteiger partial charge on any atom is -0.494 e. The van der Waals surface area contributed by atoms with E-state index in [4.69, 9.17) is 29.4 Å². The number of ether oxygens (including phenoxy) is 5. The highest BCUT2D eigenvalue weighted by Crippen LogP contribution is 2.34. The zero-order chi connectivity index (χ0) is 31.3. The van der Waals surface area contributed by atoms with Crippen LogP contribution in [0.4, 0.5) is 5.69 Å². The molecule has 2 aromatic rings. The van der Waals surface area contributed by atoms with E-state index in [1.54, 1.807) is 24.3 Å². The highest BCUT2D eigenvalue weighted by molar-refractivity contribution is 6.02. The molecule has 234 valence electrons. The van der Waals surface area contributed by atoms with Gasteiger partial charge in [0, 0.05) is 25.1 Å². The third-order valence-corrected chi connectivity index (χ3v) is 6.80. The molecule has 1 aromatic carbocycles. The maximum atomic E-state index is 12.9. The fourth-order valence-electron chi connectivity index (χ4n) is 4.55. The first kappa shape index (κ1) is 31.9. The van der Waals surface area contributed by atoms with Gasteiger partial charge in [0.15, 0.2) is 18.1 Å². The Morgan fingerprint density at radius 2 is 1.86 bits per heavy atom. The number of rotatable bonds is 12. The van der Waals surface area contributed by atoms with Crippen molar-refractivity contribution < 1.29 is 48.6 Å². The van der Waals surface area contributed by atoms with Gasteiger partial charge in [-0.05, 0) is 36.8 Å². The van der Waals surface area contributed by atoms with E-state index in [1.807, 2.05) is 11.9 Å². The number of nitrogens with two attached hydrogens (primary N) is 1. The molecule has 8 atom stereocenters. The predicted molar refractivity (Wildman–Crippen MR) is 147 cm³/mol. The van der Waals surface area contributed by atoms with Crippen molar-refractivity contribution in [2.45, 2.75) is 68.9 Å². The van der Waals surface area contributed by atoms with Crippen molar-refractivity contribution in [2.24, 2.45) is 5.73 Å². The standard InChI is InChI=1S/C27H34N4O12/c1-3-4-11-40-14-7-5-13(6-8-14)29-24(37)16-12-15(32)18(34)26(41-16)43-22(23(28)36)21-20(39-2)19(35)25(42-21)31-10-9-17(33)30-27(31)38/h5-10,12,15,18-22,25-26,32,34-35H,3-4,11H2,1-2H3,(H2,28,36)(H,29,37)(H,30,33,38)/t15-,18-,19+,20-,21-,22+,25+,26+/m0/s1. The van der Waals surface area contributed by atoms with E-state index >= 15 is 0 Å². The molecule has 0 radical (unpaired) electrons. The van der Waals surface area contributed by atoms with Crippen molar-refractivity contribution in [2.75, 3.05) is 19.0 Å². The third kappa shape index (κ3) is 7.30. The van der Waals surface area contributed by atoms with E-state index in [1.165, 1.54) is 7.11 Å². The number of aliphatic hydroxyl groups is 3. The van der Waals surface area contributed by atoms with Crippen LogP contribution in [0.15, 0.2) is 58.0 Å². The van der Waals surface area contributed by atoms with E-state index in [0.29, 0.717) is 18.0 Å². The number of carbonyl (C=O) groups is 2. The number of carbonyl (C=O) groups excluding carboxylic acids is 2. The molecule has 0 unspecified atom stereocenters. The van der Waals surface area contributed by atoms with Gasteiger partial charge in [-0.1, -0.05) is 13.3 Å². The number of nitrogens with zero attached hydrogens (tertiary/aromatic N) is 1. The molecule has 2 aliphatic rings. The Hall–Kier alpha value is -4.06. The van der Waals surface area contributed by atoms with Crippen molar-refractivity contribution in [3.63, 3.8) is 0 Å². The number of anilines is 1. The van der Waals surface area contributed by atoms with E-state index in [0.717, 1.165) is 35.7 Å². The van der Waals surface area contributed by atoms with Crippen LogP contribution >= 0.6 is 0 Å². The Bertz CT molecular complexity index is 1420. The first-order valence-electron chi connectivity index (χ1n) is 13.5. The molecule has 2 amide bonds. The lowest BCUT2D eigenvalue weighted by molar-refractivity contribution is -0.241. The second kappa shape index (κ2) is 13.9. The van der Waals surface area contributed by atoms with Gasteiger partial charge in [-0.25, -0.2) is 4.79 Å². The average Bonchev–Trinajstić information content (AvgIpc) is 3.29. The fourth-order valence-corrected chi connectivity index (χ4v) is 4.55. The first-order valence-corrected chi connectivity index (χ1v) is 13.5. The minimum atomic E-state index is -1.80. The molecule has 43 heavy (non-hydrogen) atoms. The molecule has 7 N–H and O–H groups in total. The number of aliphatic hydroxyl groups excluding tert-OH is 3. The van der Waals surface area contributed by atoms with Gasteiger partial charge in [0.25, 0.3) is 11.5 Å². The van der Waals surface area contributed by atoms with Crippen molar-refractivity contribution in [1.29, 1.82) is 0 Å². The van der Waals surface area contributed by atoms with Gasteiger partial charge >= 0.3 is 5.69 Å². The molecule has 16 nitrogen and oxygen atoms in total. The summed E-state index contributed by atoms with van der Waals surface area (Å²) < 4.78 is 28.6. The summed E-state index contributed by atoms with van der Waals surface area (Å²) in [6, 6.07) is 7.56. The summed E-state index contributed by atoms with van der Waals surface area (Å²) in [6.45, 7) is 2.60. The number of hydrogen-bond acceptors (Lipinski definition) is 12. The lowest BCUT2D eigenvalue weighted by Crippen LogP contribution is -2.53. The maximum Gasteiger partial charge on any atom is 0.330 e. The number of benzene rings is 1. The molecule has 0 bridgehead atoms. The first-order chi connectivity index (χ1) is 20.5. The smallest absolute Gasteiger partial charge is 0.330 e. The Kier molecular flexibility index (Phi) is 10.3. The quantitative estimate of drug-likeness (QED) is 0.151. The van der Waals surface area contributed by atoms with Crippen LogP contribution in [0, 0.1) is 0 Å². The minimum absolute atomic E-state index is 0.380. The predicted octanol–water partition coefficient (Wildman–Crippen LogP) is -1.54. The Morgan fingerprint density at radius 3 is 2.49 bits per heavy atom. The number of aromatic amines is 1. The molecule has 1 aromatic heterocycles. The number of unbranched alkanes of at least 4 members (excludes halogenated alkanes) is 1. The van der Waals surface area contributed by atoms with Gasteiger partial charge in [-0.2, -0.15) is 0 Å².